The summed E-state index contributed by atoms with van der Waals surface area (Å²) in [6.07, 6.45) is 0. The molecule has 2 rings (SSSR count). The molecule has 0 fully saturated rings. The van der Waals surface area contributed by atoms with E-state index in [1.165, 1.54) is 23.9 Å². The molecule has 0 unspecified atom stereocenters. The molecule has 0 aliphatic heterocycles. The van der Waals surface area contributed by atoms with Gasteiger partial charge in [-0.2, -0.15) is 0 Å². The van der Waals surface area contributed by atoms with Crippen LogP contribution >= 0.6 is 23.4 Å². The minimum Gasteiger partial charge on any atom is -0.350 e. The van der Waals surface area contributed by atoms with E-state index in [-0.39, 0.29) is 29.8 Å². The van der Waals surface area contributed by atoms with Crippen molar-refractivity contribution < 1.29 is 14.5 Å². The molecule has 0 heterocycles. The molecule has 0 bridgehead atoms. The van der Waals surface area contributed by atoms with Crippen LogP contribution in [0.3, 0.4) is 0 Å². The first-order valence-corrected chi connectivity index (χ1v) is 11.7. The molecule has 1 atom stereocenters. The number of carbonyl (C=O) groups is 2. The molecule has 32 heavy (non-hydrogen) atoms. The standard InChI is InChI=1S/C23H28ClN3O4S/c1-16(22(29)25-23(2,3)4)26(13-17-5-9-19(24)10-6-17)21(28)15-32-14-18-7-11-20(12-8-18)27(30)31/h5-12,16H,13-15H2,1-4H3,(H,25,29)/t16-/m1/s1. The number of amides is 2. The molecule has 0 radical (unpaired) electrons. The normalized spacial score (nSPS) is 12.2. The number of rotatable bonds is 9. The molecule has 0 spiro atoms. The highest BCUT2D eigenvalue weighted by atomic mass is 35.5. The number of nitrogens with one attached hydrogen (secondary N) is 1. The lowest BCUT2D eigenvalue weighted by Crippen LogP contribution is -2.52. The van der Waals surface area contributed by atoms with Crippen LogP contribution in [0, 0.1) is 10.1 Å². The van der Waals surface area contributed by atoms with Gasteiger partial charge in [0.2, 0.25) is 11.8 Å². The topological polar surface area (TPSA) is 92.6 Å². The van der Waals surface area contributed by atoms with Crippen LogP contribution in [0.25, 0.3) is 0 Å². The molecule has 0 aromatic heterocycles. The first-order chi connectivity index (χ1) is 15.0. The third kappa shape index (κ3) is 8.16. The zero-order valence-electron chi connectivity index (χ0n) is 18.6. The monoisotopic (exact) mass is 477 g/mol. The summed E-state index contributed by atoms with van der Waals surface area (Å²) in [5, 5.41) is 14.3. The summed E-state index contributed by atoms with van der Waals surface area (Å²) in [4.78, 5) is 37.7. The number of hydrogen-bond acceptors (Lipinski definition) is 5. The van der Waals surface area contributed by atoms with E-state index in [4.69, 9.17) is 11.6 Å². The van der Waals surface area contributed by atoms with Crippen LogP contribution in [0.15, 0.2) is 48.5 Å². The number of benzene rings is 2. The summed E-state index contributed by atoms with van der Waals surface area (Å²) in [6, 6.07) is 12.8. The van der Waals surface area contributed by atoms with Crippen molar-refractivity contribution in [1.82, 2.24) is 10.2 Å². The maximum Gasteiger partial charge on any atom is 0.269 e. The van der Waals surface area contributed by atoms with Gasteiger partial charge in [0.15, 0.2) is 0 Å². The summed E-state index contributed by atoms with van der Waals surface area (Å²) in [5.74, 6) is 0.322. The number of thioether (sulfide) groups is 1. The van der Waals surface area contributed by atoms with Gasteiger partial charge in [0.05, 0.1) is 10.7 Å². The highest BCUT2D eigenvalue weighted by Gasteiger charge is 2.28. The molecule has 2 amide bonds. The molecule has 0 saturated heterocycles. The lowest BCUT2D eigenvalue weighted by molar-refractivity contribution is -0.384. The van der Waals surface area contributed by atoms with Crippen LogP contribution in [0.5, 0.6) is 0 Å². The van der Waals surface area contributed by atoms with E-state index in [1.54, 1.807) is 36.1 Å². The molecule has 9 heteroatoms. The number of hydrogen-bond donors (Lipinski definition) is 1. The summed E-state index contributed by atoms with van der Waals surface area (Å²) in [5.41, 5.74) is 1.38. The Bertz CT molecular complexity index is 943. The third-order valence-electron chi connectivity index (χ3n) is 4.57. The average molecular weight is 478 g/mol. The predicted molar refractivity (Wildman–Crippen MR) is 129 cm³/mol. The lowest BCUT2D eigenvalue weighted by Gasteiger charge is -2.31. The molecule has 172 valence electrons. The zero-order valence-corrected chi connectivity index (χ0v) is 20.2. The van der Waals surface area contributed by atoms with Crippen LogP contribution in [-0.2, 0) is 21.9 Å². The quantitative estimate of drug-likeness (QED) is 0.413. The van der Waals surface area contributed by atoms with E-state index < -0.39 is 16.5 Å². The third-order valence-corrected chi connectivity index (χ3v) is 5.81. The van der Waals surface area contributed by atoms with E-state index in [9.17, 15) is 19.7 Å². The van der Waals surface area contributed by atoms with Gasteiger partial charge in [-0.15, -0.1) is 11.8 Å². The van der Waals surface area contributed by atoms with Crippen molar-refractivity contribution in [3.8, 4) is 0 Å². The van der Waals surface area contributed by atoms with Crippen molar-refractivity contribution in [2.24, 2.45) is 0 Å². The van der Waals surface area contributed by atoms with Crippen LogP contribution < -0.4 is 5.32 Å². The van der Waals surface area contributed by atoms with Gasteiger partial charge in [-0.25, -0.2) is 0 Å². The molecule has 0 aliphatic carbocycles. The second-order valence-corrected chi connectivity index (χ2v) is 9.90. The fourth-order valence-electron chi connectivity index (χ4n) is 2.90. The molecular weight excluding hydrogens is 450 g/mol. The Hall–Kier alpha value is -2.58. The zero-order chi connectivity index (χ0) is 23.9. The van der Waals surface area contributed by atoms with Gasteiger partial charge in [0, 0.05) is 35.0 Å². The second kappa shape index (κ2) is 11.3. The van der Waals surface area contributed by atoms with Crippen molar-refractivity contribution >= 4 is 40.9 Å². The number of nitrogens with zero attached hydrogens (tertiary/aromatic N) is 2. The average Bonchev–Trinajstić information content (AvgIpc) is 2.72. The maximum atomic E-state index is 13.1. The molecule has 1 N–H and O–H groups in total. The van der Waals surface area contributed by atoms with Crippen molar-refractivity contribution in [2.75, 3.05) is 5.75 Å². The highest BCUT2D eigenvalue weighted by molar-refractivity contribution is 7.99. The second-order valence-electron chi connectivity index (χ2n) is 8.48. The van der Waals surface area contributed by atoms with E-state index in [0.29, 0.717) is 10.8 Å². The Morgan fingerprint density at radius 2 is 1.66 bits per heavy atom. The summed E-state index contributed by atoms with van der Waals surface area (Å²) < 4.78 is 0. The Labute approximate surface area is 197 Å². The number of nitro groups is 1. The molecule has 2 aromatic rings. The Morgan fingerprint density at radius 3 is 2.19 bits per heavy atom. The van der Waals surface area contributed by atoms with Gasteiger partial charge in [-0.3, -0.25) is 19.7 Å². The van der Waals surface area contributed by atoms with Gasteiger partial charge in [-0.05, 0) is 51.0 Å². The first kappa shape index (κ1) is 25.7. The van der Waals surface area contributed by atoms with Crippen molar-refractivity contribution in [2.45, 2.75) is 51.6 Å². The number of nitro benzene ring substituents is 1. The Balaban J connectivity index is 2.07. The number of carbonyl (C=O) groups excluding carboxylic acids is 2. The van der Waals surface area contributed by atoms with E-state index in [2.05, 4.69) is 5.32 Å². The molecule has 2 aromatic carbocycles. The molecule has 7 nitrogen and oxygen atoms in total. The van der Waals surface area contributed by atoms with Crippen molar-refractivity contribution in [3.63, 3.8) is 0 Å². The fourth-order valence-corrected chi connectivity index (χ4v) is 3.89. The van der Waals surface area contributed by atoms with Gasteiger partial charge < -0.3 is 10.2 Å². The van der Waals surface area contributed by atoms with Crippen LogP contribution in [0.4, 0.5) is 5.69 Å². The van der Waals surface area contributed by atoms with E-state index in [1.807, 2.05) is 32.9 Å². The van der Waals surface area contributed by atoms with Gasteiger partial charge in [-0.1, -0.05) is 35.9 Å². The smallest absolute Gasteiger partial charge is 0.269 e. The molecular formula is C23H28ClN3O4S. The van der Waals surface area contributed by atoms with E-state index in [0.717, 1.165) is 11.1 Å². The summed E-state index contributed by atoms with van der Waals surface area (Å²) >= 11 is 7.36. The number of non-ortho nitro benzene ring substituents is 1. The Morgan fingerprint density at radius 1 is 1.09 bits per heavy atom. The first-order valence-electron chi connectivity index (χ1n) is 10.1. The van der Waals surface area contributed by atoms with Crippen LogP contribution in [0.1, 0.15) is 38.8 Å². The SMILES string of the molecule is C[C@H](C(=O)NC(C)(C)C)N(Cc1ccc(Cl)cc1)C(=O)CSCc1ccc([N+](=O)[O-])cc1. The molecule has 0 saturated carbocycles. The predicted octanol–water partition coefficient (Wildman–Crippen LogP) is 4.81. The minimum absolute atomic E-state index is 0.0302. The summed E-state index contributed by atoms with van der Waals surface area (Å²) in [7, 11) is 0. The largest absolute Gasteiger partial charge is 0.350 e. The van der Waals surface area contributed by atoms with Gasteiger partial charge in [0.1, 0.15) is 6.04 Å². The van der Waals surface area contributed by atoms with Crippen LogP contribution in [0.2, 0.25) is 5.02 Å². The van der Waals surface area contributed by atoms with Gasteiger partial charge >= 0.3 is 0 Å². The van der Waals surface area contributed by atoms with Crippen molar-refractivity contribution in [1.29, 1.82) is 0 Å². The number of halogens is 1. The maximum absolute atomic E-state index is 13.1. The highest BCUT2D eigenvalue weighted by Crippen LogP contribution is 2.19. The summed E-state index contributed by atoms with van der Waals surface area (Å²) in [6.45, 7) is 7.68. The van der Waals surface area contributed by atoms with Crippen LogP contribution in [-0.4, -0.2) is 39.0 Å². The molecule has 0 aliphatic rings. The van der Waals surface area contributed by atoms with Gasteiger partial charge in [0.25, 0.3) is 5.69 Å². The minimum atomic E-state index is -0.655. The fraction of sp³-hybridized carbons (Fsp3) is 0.391. The van der Waals surface area contributed by atoms with E-state index >= 15 is 0 Å². The van der Waals surface area contributed by atoms with Crippen molar-refractivity contribution in [3.05, 3.63) is 74.8 Å². The Kier molecular flexibility index (Phi) is 9.09. The lowest BCUT2D eigenvalue weighted by atomic mass is 10.1.